The molecule has 2 aromatic rings. The van der Waals surface area contributed by atoms with Crippen molar-refractivity contribution in [3.8, 4) is 0 Å². The van der Waals surface area contributed by atoms with Crippen LogP contribution in [0.25, 0.3) is 10.9 Å². The van der Waals surface area contributed by atoms with Gasteiger partial charge in [0.15, 0.2) is 0 Å². The van der Waals surface area contributed by atoms with E-state index in [-0.39, 0.29) is 0 Å². The third-order valence-electron chi connectivity index (χ3n) is 5.59. The van der Waals surface area contributed by atoms with Crippen LogP contribution in [0.4, 0.5) is 0 Å². The molecule has 1 aromatic heterocycles. The summed E-state index contributed by atoms with van der Waals surface area (Å²) in [5.74, 6) is 0. The zero-order valence-corrected chi connectivity index (χ0v) is 12.4. The minimum absolute atomic E-state index is 0.603. The highest BCUT2D eigenvalue weighted by atomic mass is 15.2. The minimum Gasteiger partial charge on any atom is -0.357 e. The highest BCUT2D eigenvalue weighted by molar-refractivity contribution is 5.85. The van der Waals surface area contributed by atoms with E-state index in [1.807, 2.05) is 0 Å². The van der Waals surface area contributed by atoms with Crippen molar-refractivity contribution >= 4 is 10.9 Å². The number of hydrogen-bond acceptors (Lipinski definition) is 2. The van der Waals surface area contributed by atoms with E-state index in [9.17, 15) is 0 Å². The molecule has 0 unspecified atom stereocenters. The molecule has 2 atom stereocenters. The standard InChI is InChI=1S/C18H23N3/c1-2-4-16-14(3-1)15-8-10-21-9-7-13(19-12-5-6-12)11-17(21)18(15)20-16/h1-4,12-13,17,19-20H,5-11H2/t13-,17+/m0/s1. The monoisotopic (exact) mass is 281 g/mol. The average Bonchev–Trinajstić information content (AvgIpc) is 3.25. The molecule has 2 fully saturated rings. The van der Waals surface area contributed by atoms with E-state index in [2.05, 4.69) is 39.5 Å². The molecule has 3 heterocycles. The minimum atomic E-state index is 0.603. The lowest BCUT2D eigenvalue weighted by atomic mass is 9.88. The molecule has 0 radical (unpaired) electrons. The van der Waals surface area contributed by atoms with Crippen LogP contribution in [-0.2, 0) is 6.42 Å². The Bertz CT molecular complexity index is 670. The Kier molecular flexibility index (Phi) is 2.67. The van der Waals surface area contributed by atoms with Gasteiger partial charge in [-0.25, -0.2) is 0 Å². The molecule has 3 heteroatoms. The lowest BCUT2D eigenvalue weighted by Crippen LogP contribution is -2.47. The summed E-state index contributed by atoms with van der Waals surface area (Å²) in [6.07, 6.45) is 6.58. The Morgan fingerprint density at radius 2 is 1.95 bits per heavy atom. The van der Waals surface area contributed by atoms with Crippen LogP contribution in [0.2, 0.25) is 0 Å². The van der Waals surface area contributed by atoms with Gasteiger partial charge in [0.25, 0.3) is 0 Å². The molecule has 0 amide bonds. The van der Waals surface area contributed by atoms with E-state index in [0.717, 1.165) is 12.1 Å². The average molecular weight is 281 g/mol. The second-order valence-corrected chi connectivity index (χ2v) is 7.03. The normalized spacial score (nSPS) is 29.3. The van der Waals surface area contributed by atoms with E-state index in [1.165, 1.54) is 61.8 Å². The Hall–Kier alpha value is -1.32. The molecule has 2 N–H and O–H groups in total. The fourth-order valence-corrected chi connectivity index (χ4v) is 4.35. The van der Waals surface area contributed by atoms with Gasteiger partial charge in [0.05, 0.1) is 6.04 Å². The van der Waals surface area contributed by atoms with Crippen molar-refractivity contribution in [2.24, 2.45) is 0 Å². The Labute approximate surface area is 125 Å². The van der Waals surface area contributed by atoms with Crippen LogP contribution in [0.1, 0.15) is 43.0 Å². The number of nitrogens with one attached hydrogen (secondary N) is 2. The summed E-state index contributed by atoms with van der Waals surface area (Å²) < 4.78 is 0. The van der Waals surface area contributed by atoms with Crippen LogP contribution >= 0.6 is 0 Å². The number of benzene rings is 1. The first kappa shape index (κ1) is 12.2. The summed E-state index contributed by atoms with van der Waals surface area (Å²) in [5.41, 5.74) is 4.41. The molecular weight excluding hydrogens is 258 g/mol. The van der Waals surface area contributed by atoms with Crippen molar-refractivity contribution in [3.63, 3.8) is 0 Å². The number of para-hydroxylation sites is 1. The number of aromatic amines is 1. The number of H-pyrrole nitrogens is 1. The van der Waals surface area contributed by atoms with E-state index in [0.29, 0.717) is 6.04 Å². The van der Waals surface area contributed by atoms with Gasteiger partial charge in [-0.2, -0.15) is 0 Å². The number of fused-ring (bicyclic) bond motifs is 5. The number of hydrogen-bond donors (Lipinski definition) is 2. The Morgan fingerprint density at radius 3 is 2.86 bits per heavy atom. The quantitative estimate of drug-likeness (QED) is 0.886. The van der Waals surface area contributed by atoms with Crippen LogP contribution in [-0.4, -0.2) is 35.1 Å². The van der Waals surface area contributed by atoms with Gasteiger partial charge in [-0.15, -0.1) is 0 Å². The van der Waals surface area contributed by atoms with E-state index < -0.39 is 0 Å². The number of rotatable bonds is 2. The van der Waals surface area contributed by atoms with Gasteiger partial charge in [0, 0.05) is 41.8 Å². The molecule has 1 aliphatic carbocycles. The van der Waals surface area contributed by atoms with Crippen molar-refractivity contribution in [2.75, 3.05) is 13.1 Å². The van der Waals surface area contributed by atoms with Crippen LogP contribution < -0.4 is 5.32 Å². The van der Waals surface area contributed by atoms with Crippen molar-refractivity contribution in [3.05, 3.63) is 35.5 Å². The number of nitrogens with zero attached hydrogens (tertiary/aromatic N) is 1. The second-order valence-electron chi connectivity index (χ2n) is 7.03. The summed E-state index contributed by atoms with van der Waals surface area (Å²) in [6, 6.07) is 11.0. The lowest BCUT2D eigenvalue weighted by molar-refractivity contribution is 0.113. The van der Waals surface area contributed by atoms with Crippen LogP contribution in [0.3, 0.4) is 0 Å². The van der Waals surface area contributed by atoms with Crippen LogP contribution in [0.15, 0.2) is 24.3 Å². The predicted molar refractivity (Wildman–Crippen MR) is 85.5 cm³/mol. The summed E-state index contributed by atoms with van der Waals surface area (Å²) in [6.45, 7) is 2.49. The SMILES string of the molecule is c1ccc2c3c([nH]c2c1)[C@H]1C[C@@H](NC2CC2)CCN1CC3. The van der Waals surface area contributed by atoms with E-state index in [4.69, 9.17) is 0 Å². The molecule has 5 rings (SSSR count). The maximum atomic E-state index is 3.85. The zero-order chi connectivity index (χ0) is 13.8. The van der Waals surface area contributed by atoms with Gasteiger partial charge in [-0.1, -0.05) is 18.2 Å². The highest BCUT2D eigenvalue weighted by Crippen LogP contribution is 2.39. The van der Waals surface area contributed by atoms with Gasteiger partial charge >= 0.3 is 0 Å². The van der Waals surface area contributed by atoms with E-state index in [1.54, 1.807) is 5.56 Å². The summed E-state index contributed by atoms with van der Waals surface area (Å²) in [7, 11) is 0. The molecule has 1 aromatic carbocycles. The maximum Gasteiger partial charge on any atom is 0.0516 e. The van der Waals surface area contributed by atoms with E-state index >= 15 is 0 Å². The van der Waals surface area contributed by atoms with Gasteiger partial charge in [0.1, 0.15) is 0 Å². The molecule has 110 valence electrons. The number of aromatic nitrogens is 1. The van der Waals surface area contributed by atoms with Crippen molar-refractivity contribution < 1.29 is 0 Å². The van der Waals surface area contributed by atoms with Crippen LogP contribution in [0.5, 0.6) is 0 Å². The van der Waals surface area contributed by atoms with Crippen molar-refractivity contribution in [2.45, 2.75) is 50.2 Å². The maximum absolute atomic E-state index is 3.85. The van der Waals surface area contributed by atoms with Crippen LogP contribution in [0, 0.1) is 0 Å². The third-order valence-corrected chi connectivity index (χ3v) is 5.59. The molecule has 0 bridgehead atoms. The fourth-order valence-electron chi connectivity index (χ4n) is 4.35. The predicted octanol–water partition coefficient (Wildman–Crippen LogP) is 2.98. The number of piperidine rings is 1. The molecule has 3 nitrogen and oxygen atoms in total. The Balaban J connectivity index is 1.50. The van der Waals surface area contributed by atoms with Gasteiger partial charge < -0.3 is 10.3 Å². The summed E-state index contributed by atoms with van der Waals surface area (Å²) >= 11 is 0. The smallest absolute Gasteiger partial charge is 0.0516 e. The Morgan fingerprint density at radius 1 is 1.05 bits per heavy atom. The van der Waals surface area contributed by atoms with Gasteiger partial charge in [-0.05, 0) is 43.7 Å². The molecule has 0 spiro atoms. The summed E-state index contributed by atoms with van der Waals surface area (Å²) in [4.78, 5) is 6.43. The molecule has 2 aliphatic heterocycles. The first-order valence-electron chi connectivity index (χ1n) is 8.48. The second kappa shape index (κ2) is 4.59. The highest BCUT2D eigenvalue weighted by Gasteiger charge is 2.36. The molecule has 21 heavy (non-hydrogen) atoms. The van der Waals surface area contributed by atoms with Crippen molar-refractivity contribution in [1.29, 1.82) is 0 Å². The topological polar surface area (TPSA) is 31.1 Å². The molecule has 3 aliphatic rings. The molecule has 1 saturated carbocycles. The fraction of sp³-hybridized carbons (Fsp3) is 0.556. The van der Waals surface area contributed by atoms with Gasteiger partial charge in [-0.3, -0.25) is 4.90 Å². The molecular formula is C18H23N3. The third kappa shape index (κ3) is 2.02. The first-order valence-corrected chi connectivity index (χ1v) is 8.48. The molecule has 1 saturated heterocycles. The summed E-state index contributed by atoms with van der Waals surface area (Å²) in [5, 5.41) is 5.30. The van der Waals surface area contributed by atoms with Crippen molar-refractivity contribution in [1.82, 2.24) is 15.2 Å². The lowest BCUT2D eigenvalue weighted by Gasteiger charge is -2.42. The van der Waals surface area contributed by atoms with Gasteiger partial charge in [0.2, 0.25) is 0 Å². The zero-order valence-electron chi connectivity index (χ0n) is 12.4. The first-order chi connectivity index (χ1) is 10.4. The largest absolute Gasteiger partial charge is 0.357 e.